The number of benzene rings is 1. The van der Waals surface area contributed by atoms with Crippen molar-refractivity contribution in [1.29, 1.82) is 0 Å². The lowest BCUT2D eigenvalue weighted by molar-refractivity contribution is -0.116. The van der Waals surface area contributed by atoms with E-state index >= 15 is 0 Å². The van der Waals surface area contributed by atoms with E-state index in [0.29, 0.717) is 23.0 Å². The number of amides is 1. The van der Waals surface area contributed by atoms with Gasteiger partial charge in [-0.3, -0.25) is 4.79 Å². The molecule has 3 N–H and O–H groups in total. The van der Waals surface area contributed by atoms with Gasteiger partial charge in [0.2, 0.25) is 5.91 Å². The average molecular weight is 245 g/mol. The lowest BCUT2D eigenvalue weighted by Crippen LogP contribution is -2.27. The Morgan fingerprint density at radius 2 is 2.20 bits per heavy atom. The van der Waals surface area contributed by atoms with E-state index in [4.69, 9.17) is 28.9 Å². The van der Waals surface area contributed by atoms with Crippen molar-refractivity contribution in [2.24, 2.45) is 5.73 Å². The third-order valence-corrected chi connectivity index (χ3v) is 3.35. The summed E-state index contributed by atoms with van der Waals surface area (Å²) in [6.45, 7) is 0.389. The molecule has 5 heteroatoms. The van der Waals surface area contributed by atoms with Gasteiger partial charge in [-0.25, -0.2) is 0 Å². The molecule has 1 unspecified atom stereocenters. The Hall–Kier alpha value is -0.770. The Balaban J connectivity index is 2.57. The SMILES string of the molecule is NCC1CC(=O)Nc2ccc(Cl)c(Cl)c21. The molecule has 0 spiro atoms. The van der Waals surface area contributed by atoms with Crippen LogP contribution in [-0.2, 0) is 4.79 Å². The van der Waals surface area contributed by atoms with Crippen molar-refractivity contribution >= 4 is 34.8 Å². The molecule has 0 bridgehead atoms. The number of halogens is 2. The van der Waals surface area contributed by atoms with E-state index in [9.17, 15) is 4.79 Å². The first-order chi connectivity index (χ1) is 7.13. The topological polar surface area (TPSA) is 55.1 Å². The molecular weight excluding hydrogens is 235 g/mol. The van der Waals surface area contributed by atoms with Crippen molar-refractivity contribution in [3.05, 3.63) is 27.7 Å². The van der Waals surface area contributed by atoms with Crippen molar-refractivity contribution < 1.29 is 4.79 Å². The monoisotopic (exact) mass is 244 g/mol. The van der Waals surface area contributed by atoms with Crippen LogP contribution in [0.3, 0.4) is 0 Å². The fourth-order valence-electron chi connectivity index (χ4n) is 1.80. The van der Waals surface area contributed by atoms with Crippen LogP contribution in [0.4, 0.5) is 5.69 Å². The number of fused-ring (bicyclic) bond motifs is 1. The molecular formula is C10H10Cl2N2O. The zero-order chi connectivity index (χ0) is 11.0. The lowest BCUT2D eigenvalue weighted by atomic mass is 9.90. The van der Waals surface area contributed by atoms with E-state index in [2.05, 4.69) is 5.32 Å². The molecule has 2 rings (SSSR count). The van der Waals surface area contributed by atoms with E-state index in [1.165, 1.54) is 0 Å². The lowest BCUT2D eigenvalue weighted by Gasteiger charge is -2.25. The largest absolute Gasteiger partial charge is 0.330 e. The Morgan fingerprint density at radius 1 is 1.47 bits per heavy atom. The highest BCUT2D eigenvalue weighted by Gasteiger charge is 2.27. The van der Waals surface area contributed by atoms with Gasteiger partial charge in [-0.1, -0.05) is 23.2 Å². The number of nitrogens with two attached hydrogens (primary N) is 1. The summed E-state index contributed by atoms with van der Waals surface area (Å²) in [5.41, 5.74) is 7.19. The van der Waals surface area contributed by atoms with Crippen molar-refractivity contribution in [2.45, 2.75) is 12.3 Å². The Labute approximate surface area is 97.5 Å². The molecule has 1 atom stereocenters. The highest BCUT2D eigenvalue weighted by atomic mass is 35.5. The number of rotatable bonds is 1. The number of nitrogens with one attached hydrogen (secondary N) is 1. The van der Waals surface area contributed by atoms with Gasteiger partial charge >= 0.3 is 0 Å². The Morgan fingerprint density at radius 3 is 2.87 bits per heavy atom. The molecule has 3 nitrogen and oxygen atoms in total. The summed E-state index contributed by atoms with van der Waals surface area (Å²) in [6.07, 6.45) is 0.365. The summed E-state index contributed by atoms with van der Waals surface area (Å²) < 4.78 is 0. The van der Waals surface area contributed by atoms with Gasteiger partial charge in [-0.05, 0) is 18.7 Å². The molecule has 80 valence electrons. The number of hydrogen-bond donors (Lipinski definition) is 2. The van der Waals surface area contributed by atoms with Crippen LogP contribution >= 0.6 is 23.2 Å². The van der Waals surface area contributed by atoms with E-state index < -0.39 is 0 Å². The van der Waals surface area contributed by atoms with Crippen molar-refractivity contribution in [3.63, 3.8) is 0 Å². The van der Waals surface area contributed by atoms with Crippen molar-refractivity contribution in [3.8, 4) is 0 Å². The molecule has 0 aromatic heterocycles. The van der Waals surface area contributed by atoms with Gasteiger partial charge in [0, 0.05) is 23.6 Å². The van der Waals surface area contributed by atoms with Gasteiger partial charge < -0.3 is 11.1 Å². The zero-order valence-corrected chi connectivity index (χ0v) is 9.40. The molecule has 0 saturated heterocycles. The summed E-state index contributed by atoms with van der Waals surface area (Å²) in [6, 6.07) is 3.42. The third kappa shape index (κ3) is 1.83. The quantitative estimate of drug-likeness (QED) is 0.798. The third-order valence-electron chi connectivity index (χ3n) is 2.53. The summed E-state index contributed by atoms with van der Waals surface area (Å²) >= 11 is 12.0. The van der Waals surface area contributed by atoms with E-state index in [0.717, 1.165) is 11.3 Å². The Kier molecular flexibility index (Phi) is 2.87. The second kappa shape index (κ2) is 4.00. The molecule has 0 radical (unpaired) electrons. The van der Waals surface area contributed by atoms with Gasteiger partial charge in [0.05, 0.1) is 10.0 Å². The predicted molar refractivity (Wildman–Crippen MR) is 61.5 cm³/mol. The molecule has 1 amide bonds. The maximum Gasteiger partial charge on any atom is 0.225 e. The van der Waals surface area contributed by atoms with Crippen LogP contribution in [0.2, 0.25) is 10.0 Å². The van der Waals surface area contributed by atoms with Gasteiger partial charge in [0.15, 0.2) is 0 Å². The van der Waals surface area contributed by atoms with Crippen LogP contribution in [0.25, 0.3) is 0 Å². The van der Waals surface area contributed by atoms with Crippen molar-refractivity contribution in [1.82, 2.24) is 0 Å². The van der Waals surface area contributed by atoms with Crippen LogP contribution in [0.5, 0.6) is 0 Å². The highest BCUT2D eigenvalue weighted by molar-refractivity contribution is 6.43. The van der Waals surface area contributed by atoms with Crippen LogP contribution in [0.15, 0.2) is 12.1 Å². The standard InChI is InChI=1S/C10H10Cl2N2O/c11-6-1-2-7-9(10(6)12)5(4-13)3-8(15)14-7/h1-2,5H,3-4,13H2,(H,14,15). The fourth-order valence-corrected chi connectivity index (χ4v) is 2.29. The normalized spacial score (nSPS) is 19.7. The first-order valence-corrected chi connectivity index (χ1v) is 5.37. The second-order valence-electron chi connectivity index (χ2n) is 3.51. The smallest absolute Gasteiger partial charge is 0.225 e. The molecule has 1 heterocycles. The molecule has 1 aliphatic rings. The number of carbonyl (C=O) groups excluding carboxylic acids is 1. The van der Waals surface area contributed by atoms with E-state index in [1.54, 1.807) is 12.1 Å². The van der Waals surface area contributed by atoms with Gasteiger partial charge in [-0.2, -0.15) is 0 Å². The number of anilines is 1. The zero-order valence-electron chi connectivity index (χ0n) is 7.89. The molecule has 1 aromatic rings. The van der Waals surface area contributed by atoms with Crippen LogP contribution in [0, 0.1) is 0 Å². The maximum absolute atomic E-state index is 11.3. The number of hydrogen-bond acceptors (Lipinski definition) is 2. The first-order valence-electron chi connectivity index (χ1n) is 4.61. The Bertz CT molecular complexity index is 420. The molecule has 0 aliphatic carbocycles. The first kappa shape index (κ1) is 10.7. The minimum Gasteiger partial charge on any atom is -0.330 e. The maximum atomic E-state index is 11.3. The summed E-state index contributed by atoms with van der Waals surface area (Å²) in [5.74, 6) is -0.0729. The van der Waals surface area contributed by atoms with E-state index in [1.807, 2.05) is 0 Å². The van der Waals surface area contributed by atoms with Crippen molar-refractivity contribution in [2.75, 3.05) is 11.9 Å². The fraction of sp³-hybridized carbons (Fsp3) is 0.300. The van der Waals surface area contributed by atoms with E-state index in [-0.39, 0.29) is 11.8 Å². The summed E-state index contributed by atoms with van der Waals surface area (Å²) in [4.78, 5) is 11.3. The average Bonchev–Trinajstić information content (AvgIpc) is 2.22. The molecule has 1 aliphatic heterocycles. The predicted octanol–water partition coefficient (Wildman–Crippen LogP) is 2.38. The molecule has 0 saturated carbocycles. The van der Waals surface area contributed by atoms with Gasteiger partial charge in [0.25, 0.3) is 0 Å². The number of carbonyl (C=O) groups is 1. The minimum atomic E-state index is -0.0417. The van der Waals surface area contributed by atoms with Gasteiger partial charge in [-0.15, -0.1) is 0 Å². The van der Waals surface area contributed by atoms with Crippen LogP contribution in [0.1, 0.15) is 17.9 Å². The van der Waals surface area contributed by atoms with Crippen LogP contribution < -0.4 is 11.1 Å². The second-order valence-corrected chi connectivity index (χ2v) is 4.29. The van der Waals surface area contributed by atoms with Gasteiger partial charge in [0.1, 0.15) is 0 Å². The molecule has 15 heavy (non-hydrogen) atoms. The molecule has 0 fully saturated rings. The summed E-state index contributed by atoms with van der Waals surface area (Å²) in [7, 11) is 0. The molecule has 1 aromatic carbocycles. The van der Waals surface area contributed by atoms with Crippen LogP contribution in [-0.4, -0.2) is 12.5 Å². The summed E-state index contributed by atoms with van der Waals surface area (Å²) in [5, 5.41) is 3.74. The highest BCUT2D eigenvalue weighted by Crippen LogP contribution is 2.40. The minimum absolute atomic E-state index is 0.0312.